The van der Waals surface area contributed by atoms with Crippen LogP contribution in [0.2, 0.25) is 0 Å². The molecule has 0 bridgehead atoms. The summed E-state index contributed by atoms with van der Waals surface area (Å²) >= 11 is 0. The largest absolute Gasteiger partial charge is 0.508 e. The molecule has 0 fully saturated rings. The Balaban J connectivity index is 2.19. The molecule has 0 radical (unpaired) electrons. The number of allylic oxidation sites excluding steroid dienone is 3. The Morgan fingerprint density at radius 3 is 2.43 bits per heavy atom. The van der Waals surface area contributed by atoms with Gasteiger partial charge in [0.05, 0.1) is 7.11 Å². The van der Waals surface area contributed by atoms with E-state index in [1.54, 1.807) is 13.2 Å². The fourth-order valence-electron chi connectivity index (χ4n) is 2.38. The summed E-state index contributed by atoms with van der Waals surface area (Å²) in [5.74, 6) is 1.01. The van der Waals surface area contributed by atoms with Gasteiger partial charge in [-0.25, -0.2) is 0 Å². The van der Waals surface area contributed by atoms with Crippen molar-refractivity contribution in [1.82, 2.24) is 0 Å². The van der Waals surface area contributed by atoms with Crippen LogP contribution in [0.15, 0.2) is 60.2 Å². The molecule has 0 aliphatic carbocycles. The monoisotopic (exact) mass is 308 g/mol. The summed E-state index contributed by atoms with van der Waals surface area (Å²) < 4.78 is 5.38. The van der Waals surface area contributed by atoms with Crippen molar-refractivity contribution >= 4 is 6.08 Å². The Morgan fingerprint density at radius 1 is 1.04 bits per heavy atom. The number of hydrogen-bond acceptors (Lipinski definition) is 2. The van der Waals surface area contributed by atoms with Gasteiger partial charge in [0, 0.05) is 6.07 Å². The van der Waals surface area contributed by atoms with Crippen molar-refractivity contribution in [2.75, 3.05) is 7.11 Å². The number of ether oxygens (including phenoxy) is 1. The van der Waals surface area contributed by atoms with Gasteiger partial charge in [-0.2, -0.15) is 0 Å². The first-order valence-electron chi connectivity index (χ1n) is 7.84. The van der Waals surface area contributed by atoms with Crippen molar-refractivity contribution in [2.45, 2.75) is 26.7 Å². The highest BCUT2D eigenvalue weighted by molar-refractivity contribution is 5.52. The van der Waals surface area contributed by atoms with Crippen LogP contribution in [0.3, 0.4) is 0 Å². The first-order chi connectivity index (χ1) is 11.1. The molecule has 0 amide bonds. The predicted octanol–water partition coefficient (Wildman–Crippen LogP) is 5.17. The number of methoxy groups -OCH3 is 1. The summed E-state index contributed by atoms with van der Waals surface area (Å²) in [5.41, 5.74) is 4.43. The summed E-state index contributed by atoms with van der Waals surface area (Å²) in [5, 5.41) is 10.2. The number of hydrogen-bond donors (Lipinski definition) is 1. The number of aromatic hydroxyl groups is 1. The molecule has 0 unspecified atom stereocenters. The second-order valence-electron chi connectivity index (χ2n) is 5.80. The third-order valence-electron chi connectivity index (χ3n) is 3.66. The average molecular weight is 308 g/mol. The molecule has 2 aromatic rings. The van der Waals surface area contributed by atoms with Crippen molar-refractivity contribution < 1.29 is 9.84 Å². The van der Waals surface area contributed by atoms with Crippen LogP contribution < -0.4 is 4.74 Å². The zero-order valence-electron chi connectivity index (χ0n) is 14.0. The standard InChI is InChI=1S/C21H24O2/c1-16(2)12-13-19-14-18(20(22)15-21(19)23-3)11-7-10-17-8-5-4-6-9-17/h4-10,12,14-15,22H,11,13H2,1-3H3/b10-7+. The van der Waals surface area contributed by atoms with E-state index in [2.05, 4.69) is 44.2 Å². The molecule has 0 aromatic heterocycles. The second-order valence-corrected chi connectivity index (χ2v) is 5.80. The molecule has 2 aromatic carbocycles. The van der Waals surface area contributed by atoms with Crippen molar-refractivity contribution in [2.24, 2.45) is 0 Å². The number of benzene rings is 2. The highest BCUT2D eigenvalue weighted by atomic mass is 16.5. The lowest BCUT2D eigenvalue weighted by Crippen LogP contribution is -1.94. The maximum absolute atomic E-state index is 10.2. The molecule has 1 N–H and O–H groups in total. The van der Waals surface area contributed by atoms with Gasteiger partial charge in [0.2, 0.25) is 0 Å². The number of rotatable bonds is 6. The van der Waals surface area contributed by atoms with Crippen LogP contribution in [0, 0.1) is 0 Å². The van der Waals surface area contributed by atoms with Crippen molar-refractivity contribution in [3.8, 4) is 11.5 Å². The number of phenolic OH excluding ortho intramolecular Hbond substituents is 1. The van der Waals surface area contributed by atoms with Crippen LogP contribution in [0.4, 0.5) is 0 Å². The predicted molar refractivity (Wildman–Crippen MR) is 97.0 cm³/mol. The molecule has 2 rings (SSSR count). The second kappa shape index (κ2) is 8.23. The highest BCUT2D eigenvalue weighted by Gasteiger charge is 2.08. The summed E-state index contributed by atoms with van der Waals surface area (Å²) in [6.07, 6.45) is 7.80. The minimum atomic E-state index is 0.278. The van der Waals surface area contributed by atoms with Gasteiger partial charge >= 0.3 is 0 Å². The fourth-order valence-corrected chi connectivity index (χ4v) is 2.38. The van der Waals surface area contributed by atoms with Gasteiger partial charge in [0.15, 0.2) is 0 Å². The van der Waals surface area contributed by atoms with Gasteiger partial charge in [-0.3, -0.25) is 0 Å². The van der Waals surface area contributed by atoms with Crippen LogP contribution in [0.1, 0.15) is 30.5 Å². The third-order valence-corrected chi connectivity index (χ3v) is 3.66. The van der Waals surface area contributed by atoms with E-state index in [0.717, 1.165) is 28.9 Å². The molecule has 0 aliphatic heterocycles. The van der Waals surface area contributed by atoms with Crippen LogP contribution in [-0.2, 0) is 12.8 Å². The molecular formula is C21H24O2. The fraction of sp³-hybridized carbons (Fsp3) is 0.238. The average Bonchev–Trinajstić information content (AvgIpc) is 2.55. The van der Waals surface area contributed by atoms with Crippen molar-refractivity contribution in [3.63, 3.8) is 0 Å². The molecule has 0 saturated heterocycles. The van der Waals surface area contributed by atoms with Gasteiger partial charge in [0.25, 0.3) is 0 Å². The Kier molecular flexibility index (Phi) is 6.04. The van der Waals surface area contributed by atoms with Crippen molar-refractivity contribution in [1.29, 1.82) is 0 Å². The van der Waals surface area contributed by atoms with Crippen LogP contribution in [-0.4, -0.2) is 12.2 Å². The molecule has 0 aliphatic rings. The maximum Gasteiger partial charge on any atom is 0.126 e. The van der Waals surface area contributed by atoms with Gasteiger partial charge in [0.1, 0.15) is 11.5 Å². The molecule has 0 saturated carbocycles. The maximum atomic E-state index is 10.2. The lowest BCUT2D eigenvalue weighted by atomic mass is 10.0. The molecule has 0 spiro atoms. The Morgan fingerprint density at radius 2 is 1.78 bits per heavy atom. The molecular weight excluding hydrogens is 284 g/mol. The highest BCUT2D eigenvalue weighted by Crippen LogP contribution is 2.29. The summed E-state index contributed by atoms with van der Waals surface area (Å²) in [6.45, 7) is 4.16. The molecule has 2 nitrogen and oxygen atoms in total. The van der Waals surface area contributed by atoms with E-state index in [9.17, 15) is 5.11 Å². The number of phenols is 1. The van der Waals surface area contributed by atoms with E-state index in [-0.39, 0.29) is 5.75 Å². The molecule has 23 heavy (non-hydrogen) atoms. The van der Waals surface area contributed by atoms with E-state index in [1.807, 2.05) is 24.3 Å². The lowest BCUT2D eigenvalue weighted by molar-refractivity contribution is 0.402. The van der Waals surface area contributed by atoms with E-state index >= 15 is 0 Å². The van der Waals surface area contributed by atoms with Gasteiger partial charge < -0.3 is 9.84 Å². The Bertz CT molecular complexity index is 693. The van der Waals surface area contributed by atoms with Crippen molar-refractivity contribution in [3.05, 3.63) is 76.9 Å². The molecule has 120 valence electrons. The third kappa shape index (κ3) is 5.03. The van der Waals surface area contributed by atoms with E-state index < -0.39 is 0 Å². The minimum Gasteiger partial charge on any atom is -0.508 e. The normalized spacial score (nSPS) is 10.7. The van der Waals surface area contributed by atoms with Gasteiger partial charge in [-0.15, -0.1) is 0 Å². The molecule has 0 heterocycles. The SMILES string of the molecule is COc1cc(O)c(C/C=C/c2ccccc2)cc1CC=C(C)C. The van der Waals surface area contributed by atoms with Crippen LogP contribution >= 0.6 is 0 Å². The first-order valence-corrected chi connectivity index (χ1v) is 7.84. The van der Waals surface area contributed by atoms with Gasteiger partial charge in [-0.05, 0) is 49.4 Å². The topological polar surface area (TPSA) is 29.5 Å². The quantitative estimate of drug-likeness (QED) is 0.746. The summed E-state index contributed by atoms with van der Waals surface area (Å²) in [6, 6.07) is 13.9. The smallest absolute Gasteiger partial charge is 0.126 e. The summed E-state index contributed by atoms with van der Waals surface area (Å²) in [4.78, 5) is 0. The van der Waals surface area contributed by atoms with E-state index in [4.69, 9.17) is 4.74 Å². The zero-order valence-corrected chi connectivity index (χ0v) is 14.0. The molecule has 0 atom stereocenters. The molecule has 2 heteroatoms. The lowest BCUT2D eigenvalue weighted by Gasteiger charge is -2.11. The van der Waals surface area contributed by atoms with Crippen LogP contribution in [0.25, 0.3) is 6.08 Å². The van der Waals surface area contributed by atoms with E-state index in [1.165, 1.54) is 5.57 Å². The van der Waals surface area contributed by atoms with E-state index in [0.29, 0.717) is 6.42 Å². The Labute approximate surface area is 138 Å². The first kappa shape index (κ1) is 16.9. The van der Waals surface area contributed by atoms with Crippen LogP contribution in [0.5, 0.6) is 11.5 Å². The minimum absolute atomic E-state index is 0.278. The summed E-state index contributed by atoms with van der Waals surface area (Å²) in [7, 11) is 1.63. The van der Waals surface area contributed by atoms with Gasteiger partial charge in [-0.1, -0.05) is 54.1 Å². The zero-order chi connectivity index (χ0) is 16.7. The Hall–Kier alpha value is -2.48.